The van der Waals surface area contributed by atoms with Gasteiger partial charge in [-0.2, -0.15) is 0 Å². The number of nitrogens with two attached hydrogens (primary N) is 1. The van der Waals surface area contributed by atoms with Gasteiger partial charge in [0.05, 0.1) is 12.7 Å². The summed E-state index contributed by atoms with van der Waals surface area (Å²) in [6.45, 7) is 0.0502. The van der Waals surface area contributed by atoms with Crippen LogP contribution in [0.2, 0.25) is 0 Å². The summed E-state index contributed by atoms with van der Waals surface area (Å²) >= 11 is 1.93. The molecule has 1 aromatic heterocycles. The van der Waals surface area contributed by atoms with Gasteiger partial charge in [0, 0.05) is 6.54 Å². The summed E-state index contributed by atoms with van der Waals surface area (Å²) in [5, 5.41) is 0. The molecule has 1 heterocycles. The standard InChI is InChI=1S/C8H9F2IN2O/c1-14-8-6(7(9)10)4(3-12)2-5(11)13-8/h2,7H,3,12H2,1H3. The maximum atomic E-state index is 12.6. The monoisotopic (exact) mass is 314 g/mol. The van der Waals surface area contributed by atoms with Crippen LogP contribution in [0.15, 0.2) is 6.07 Å². The van der Waals surface area contributed by atoms with Crippen molar-refractivity contribution in [1.82, 2.24) is 4.98 Å². The molecule has 0 aliphatic rings. The highest BCUT2D eigenvalue weighted by Gasteiger charge is 2.20. The first-order valence-corrected chi connectivity index (χ1v) is 4.89. The largest absolute Gasteiger partial charge is 0.481 e. The van der Waals surface area contributed by atoms with Crippen LogP contribution in [0.5, 0.6) is 5.88 Å². The van der Waals surface area contributed by atoms with E-state index in [1.165, 1.54) is 13.2 Å². The van der Waals surface area contributed by atoms with Crippen LogP contribution in [-0.4, -0.2) is 12.1 Å². The van der Waals surface area contributed by atoms with Gasteiger partial charge in [0.2, 0.25) is 5.88 Å². The van der Waals surface area contributed by atoms with Crippen LogP contribution >= 0.6 is 22.6 Å². The van der Waals surface area contributed by atoms with Crippen LogP contribution in [-0.2, 0) is 6.54 Å². The van der Waals surface area contributed by atoms with Crippen LogP contribution in [0.3, 0.4) is 0 Å². The van der Waals surface area contributed by atoms with Gasteiger partial charge in [-0.15, -0.1) is 0 Å². The molecular formula is C8H9F2IN2O. The molecule has 2 N–H and O–H groups in total. The molecule has 0 saturated carbocycles. The Kier molecular flexibility index (Phi) is 3.99. The smallest absolute Gasteiger partial charge is 0.269 e. The molecule has 0 radical (unpaired) electrons. The first kappa shape index (κ1) is 11.6. The molecule has 0 amide bonds. The van der Waals surface area contributed by atoms with Crippen LogP contribution in [0.1, 0.15) is 17.6 Å². The number of aromatic nitrogens is 1. The second-order valence-electron chi connectivity index (χ2n) is 2.53. The van der Waals surface area contributed by atoms with E-state index in [0.29, 0.717) is 9.26 Å². The Morgan fingerprint density at radius 1 is 1.64 bits per heavy atom. The van der Waals surface area contributed by atoms with Crippen molar-refractivity contribution in [3.8, 4) is 5.88 Å². The minimum Gasteiger partial charge on any atom is -0.481 e. The molecule has 1 aromatic rings. The number of pyridine rings is 1. The van der Waals surface area contributed by atoms with E-state index in [-0.39, 0.29) is 18.0 Å². The van der Waals surface area contributed by atoms with Crippen molar-refractivity contribution in [2.45, 2.75) is 13.0 Å². The van der Waals surface area contributed by atoms with Gasteiger partial charge in [0.15, 0.2) is 0 Å². The van der Waals surface area contributed by atoms with Gasteiger partial charge in [-0.3, -0.25) is 0 Å². The number of hydrogen-bond acceptors (Lipinski definition) is 3. The lowest BCUT2D eigenvalue weighted by Gasteiger charge is -2.11. The third kappa shape index (κ3) is 2.30. The molecule has 0 atom stereocenters. The average Bonchev–Trinajstić information content (AvgIpc) is 2.15. The average molecular weight is 314 g/mol. The van der Waals surface area contributed by atoms with Gasteiger partial charge >= 0.3 is 0 Å². The fourth-order valence-electron chi connectivity index (χ4n) is 1.11. The van der Waals surface area contributed by atoms with Gasteiger partial charge in [-0.25, -0.2) is 13.8 Å². The summed E-state index contributed by atoms with van der Waals surface area (Å²) in [4.78, 5) is 3.85. The number of alkyl halides is 2. The molecule has 0 spiro atoms. The van der Waals surface area contributed by atoms with Crippen molar-refractivity contribution < 1.29 is 13.5 Å². The first-order chi connectivity index (χ1) is 6.60. The quantitative estimate of drug-likeness (QED) is 0.686. The van der Waals surface area contributed by atoms with E-state index in [1.807, 2.05) is 22.6 Å². The highest BCUT2D eigenvalue weighted by Crippen LogP contribution is 2.31. The molecule has 0 aliphatic carbocycles. The van der Waals surface area contributed by atoms with Crippen molar-refractivity contribution in [3.05, 3.63) is 20.9 Å². The zero-order chi connectivity index (χ0) is 10.7. The number of halogens is 3. The summed E-state index contributed by atoms with van der Waals surface area (Å²) < 4.78 is 30.6. The van der Waals surface area contributed by atoms with Gasteiger partial charge in [0.1, 0.15) is 3.70 Å². The Hall–Kier alpha value is -0.500. The third-order valence-corrected chi connectivity index (χ3v) is 2.26. The van der Waals surface area contributed by atoms with E-state index in [4.69, 9.17) is 10.5 Å². The van der Waals surface area contributed by atoms with Gasteiger partial charge < -0.3 is 10.5 Å². The minimum absolute atomic E-state index is 0.0487. The Balaban J connectivity index is 3.33. The Morgan fingerprint density at radius 3 is 2.71 bits per heavy atom. The van der Waals surface area contributed by atoms with Crippen molar-refractivity contribution in [1.29, 1.82) is 0 Å². The summed E-state index contributed by atoms with van der Waals surface area (Å²) in [6, 6.07) is 1.53. The molecular weight excluding hydrogens is 305 g/mol. The molecule has 0 fully saturated rings. The normalized spacial score (nSPS) is 10.7. The van der Waals surface area contributed by atoms with Crippen LogP contribution in [0, 0.1) is 3.70 Å². The third-order valence-electron chi connectivity index (χ3n) is 1.71. The van der Waals surface area contributed by atoms with E-state index < -0.39 is 6.43 Å². The number of hydrogen-bond donors (Lipinski definition) is 1. The molecule has 78 valence electrons. The SMILES string of the molecule is COc1nc(I)cc(CN)c1C(F)F. The molecule has 0 aromatic carbocycles. The Labute approximate surface area is 93.8 Å². The number of nitrogens with zero attached hydrogens (tertiary/aromatic N) is 1. The van der Waals surface area contributed by atoms with Crippen LogP contribution < -0.4 is 10.5 Å². The molecule has 0 bridgehead atoms. The predicted octanol–water partition coefficient (Wildman–Crippen LogP) is 2.09. The van der Waals surface area contributed by atoms with Crippen molar-refractivity contribution in [2.75, 3.05) is 7.11 Å². The first-order valence-electron chi connectivity index (χ1n) is 3.81. The van der Waals surface area contributed by atoms with E-state index in [2.05, 4.69) is 4.98 Å². The van der Waals surface area contributed by atoms with Gasteiger partial charge in [0.25, 0.3) is 6.43 Å². The molecule has 0 unspecified atom stereocenters. The molecule has 1 rings (SSSR count). The van der Waals surface area contributed by atoms with Crippen molar-refractivity contribution in [2.24, 2.45) is 5.73 Å². The molecule has 14 heavy (non-hydrogen) atoms. The van der Waals surface area contributed by atoms with Crippen molar-refractivity contribution >= 4 is 22.6 Å². The second-order valence-corrected chi connectivity index (χ2v) is 3.64. The lowest BCUT2D eigenvalue weighted by atomic mass is 10.1. The van der Waals surface area contributed by atoms with E-state index in [9.17, 15) is 8.78 Å². The Bertz CT molecular complexity index is 308. The second kappa shape index (κ2) is 4.83. The lowest BCUT2D eigenvalue weighted by Crippen LogP contribution is -2.07. The predicted molar refractivity (Wildman–Crippen MR) is 56.4 cm³/mol. The van der Waals surface area contributed by atoms with Gasteiger partial charge in [-0.1, -0.05) is 0 Å². The highest BCUT2D eigenvalue weighted by molar-refractivity contribution is 14.1. The maximum Gasteiger partial charge on any atom is 0.269 e. The summed E-state index contributed by atoms with van der Waals surface area (Å²) in [6.07, 6.45) is -2.62. The van der Waals surface area contributed by atoms with E-state index >= 15 is 0 Å². The van der Waals surface area contributed by atoms with E-state index in [0.717, 1.165) is 0 Å². The lowest BCUT2D eigenvalue weighted by molar-refractivity contribution is 0.144. The zero-order valence-electron chi connectivity index (χ0n) is 7.43. The van der Waals surface area contributed by atoms with E-state index in [1.54, 1.807) is 0 Å². The minimum atomic E-state index is -2.62. The number of methoxy groups -OCH3 is 1. The fourth-order valence-corrected chi connectivity index (χ4v) is 1.70. The maximum absolute atomic E-state index is 12.6. The van der Waals surface area contributed by atoms with Crippen LogP contribution in [0.25, 0.3) is 0 Å². The molecule has 0 aliphatic heterocycles. The number of ether oxygens (including phenoxy) is 1. The highest BCUT2D eigenvalue weighted by atomic mass is 127. The summed E-state index contributed by atoms with van der Waals surface area (Å²) in [7, 11) is 1.31. The topological polar surface area (TPSA) is 48.1 Å². The van der Waals surface area contributed by atoms with Crippen LogP contribution in [0.4, 0.5) is 8.78 Å². The van der Waals surface area contributed by atoms with Gasteiger partial charge in [-0.05, 0) is 34.2 Å². The molecule has 6 heteroatoms. The molecule has 0 saturated heterocycles. The summed E-state index contributed by atoms with van der Waals surface area (Å²) in [5.41, 5.74) is 5.52. The van der Waals surface area contributed by atoms with Crippen molar-refractivity contribution in [3.63, 3.8) is 0 Å². The fraction of sp³-hybridized carbons (Fsp3) is 0.375. The number of rotatable bonds is 3. The Morgan fingerprint density at radius 2 is 2.29 bits per heavy atom. The summed E-state index contributed by atoms with van der Waals surface area (Å²) in [5.74, 6) is -0.0487. The zero-order valence-corrected chi connectivity index (χ0v) is 9.59. The molecule has 3 nitrogen and oxygen atoms in total.